The van der Waals surface area contributed by atoms with Crippen molar-refractivity contribution in [1.82, 2.24) is 0 Å². The van der Waals surface area contributed by atoms with E-state index < -0.39 is 24.2 Å². The molecule has 0 aromatic carbocycles. The summed E-state index contributed by atoms with van der Waals surface area (Å²) in [5.74, 6) is 3.19. The standard InChI is InChI=1S/C20H34Si3/c1-15-17(21(3,4)5)11-13-19(15)23(9,10)20-14-12-18(16(20)2)22(6,7)8/h11-14H,1-10H3. The quantitative estimate of drug-likeness (QED) is 0.552. The lowest BCUT2D eigenvalue weighted by atomic mass is 10.1. The smallest absolute Gasteiger partial charge is 0.0625 e. The fourth-order valence-corrected chi connectivity index (χ4v) is 11.6. The molecule has 0 aromatic heterocycles. The van der Waals surface area contributed by atoms with Crippen LogP contribution in [0.15, 0.2) is 0 Å². The van der Waals surface area contributed by atoms with E-state index in [0.717, 1.165) is 0 Å². The van der Waals surface area contributed by atoms with Crippen LogP contribution in [0.4, 0.5) is 0 Å². The van der Waals surface area contributed by atoms with E-state index in [1.807, 2.05) is 0 Å². The Balaban J connectivity index is 2.17. The lowest BCUT2D eigenvalue weighted by Gasteiger charge is -2.42. The summed E-state index contributed by atoms with van der Waals surface area (Å²) in [7, 11) is -4.11. The van der Waals surface area contributed by atoms with Crippen LogP contribution in [0.5, 0.6) is 0 Å². The van der Waals surface area contributed by atoms with Crippen LogP contribution in [-0.2, 0) is 0 Å². The molecule has 0 spiro atoms. The van der Waals surface area contributed by atoms with Gasteiger partial charge in [0.25, 0.3) is 0 Å². The summed E-state index contributed by atoms with van der Waals surface area (Å²) < 4.78 is 0. The molecule has 3 heteroatoms. The van der Waals surface area contributed by atoms with E-state index in [2.05, 4.69) is 91.9 Å². The third-order valence-electron chi connectivity index (χ3n) is 5.41. The van der Waals surface area contributed by atoms with Gasteiger partial charge in [-0.25, -0.2) is 0 Å². The Kier molecular flexibility index (Phi) is 5.58. The molecule has 2 aliphatic rings. The Labute approximate surface area is 150 Å². The van der Waals surface area contributed by atoms with Crippen LogP contribution >= 0.6 is 0 Å². The number of hydrogen-bond acceptors (Lipinski definition) is 0. The maximum Gasteiger partial charge on any atom is 0.0625 e. The lowest BCUT2D eigenvalue weighted by Crippen LogP contribution is -2.47. The summed E-state index contributed by atoms with van der Waals surface area (Å²) in [6, 6.07) is 0. The average molecular weight is 359 g/mol. The second kappa shape index (κ2) is 6.43. The zero-order valence-corrected chi connectivity index (χ0v) is 19.8. The molecule has 0 heterocycles. The molecule has 0 aliphatic heterocycles. The predicted molar refractivity (Wildman–Crippen MR) is 112 cm³/mol. The van der Waals surface area contributed by atoms with E-state index in [1.54, 1.807) is 34.0 Å². The molecular weight excluding hydrogens is 324 g/mol. The first-order chi connectivity index (χ1) is 10.3. The predicted octanol–water partition coefficient (Wildman–Crippen LogP) is 5.86. The van der Waals surface area contributed by atoms with Gasteiger partial charge in [0, 0.05) is 0 Å². The minimum absolute atomic E-state index is 1.25. The summed E-state index contributed by atoms with van der Waals surface area (Å²) in [5, 5.41) is 0. The summed E-state index contributed by atoms with van der Waals surface area (Å²) in [6.07, 6.45) is 9.78. The van der Waals surface area contributed by atoms with Crippen molar-refractivity contribution in [3.05, 3.63) is 59.7 Å². The van der Waals surface area contributed by atoms with Gasteiger partial charge in [-0.3, -0.25) is 0 Å². The largest absolute Gasteiger partial charge is 0.0691 e. The molecule has 2 rings (SSSR count). The van der Waals surface area contributed by atoms with Crippen LogP contribution in [0.25, 0.3) is 0 Å². The highest BCUT2D eigenvalue weighted by atomic mass is 28.3. The van der Waals surface area contributed by atoms with Gasteiger partial charge in [0.15, 0.2) is 0 Å². The number of hydrogen-bond donors (Lipinski definition) is 0. The summed E-state index contributed by atoms with van der Waals surface area (Å²) in [4.78, 5) is 0. The van der Waals surface area contributed by atoms with Crippen LogP contribution in [-0.4, -0.2) is 24.2 Å². The molecule has 0 unspecified atom stereocenters. The summed E-state index contributed by atoms with van der Waals surface area (Å²) in [5.41, 5.74) is 6.63. The Morgan fingerprint density at radius 3 is 0.957 bits per heavy atom. The van der Waals surface area contributed by atoms with Crippen molar-refractivity contribution in [2.45, 2.75) is 66.2 Å². The van der Waals surface area contributed by atoms with Crippen molar-refractivity contribution in [2.75, 3.05) is 0 Å². The van der Waals surface area contributed by atoms with Crippen LogP contribution < -0.4 is 0 Å². The molecule has 10 radical (unpaired) electrons. The van der Waals surface area contributed by atoms with Crippen molar-refractivity contribution in [3.63, 3.8) is 0 Å². The molecule has 0 bridgehead atoms. The van der Waals surface area contributed by atoms with E-state index in [0.29, 0.717) is 0 Å². The summed E-state index contributed by atoms with van der Waals surface area (Å²) >= 11 is 0. The topological polar surface area (TPSA) is 0 Å². The first-order valence-electron chi connectivity index (χ1n) is 8.82. The fraction of sp³-hybridized carbons (Fsp3) is 0.500. The van der Waals surface area contributed by atoms with Crippen molar-refractivity contribution >= 4 is 24.2 Å². The van der Waals surface area contributed by atoms with Crippen molar-refractivity contribution in [2.24, 2.45) is 0 Å². The van der Waals surface area contributed by atoms with Gasteiger partial charge in [-0.1, -0.05) is 66.2 Å². The highest BCUT2D eigenvalue weighted by molar-refractivity contribution is 6.92. The molecule has 126 valence electrons. The maximum absolute atomic E-state index is 2.54. The number of rotatable bonds is 4. The van der Waals surface area contributed by atoms with Gasteiger partial charge in [0.2, 0.25) is 0 Å². The molecule has 23 heavy (non-hydrogen) atoms. The van der Waals surface area contributed by atoms with Gasteiger partial charge >= 0.3 is 0 Å². The average Bonchev–Trinajstić information content (AvgIpc) is 2.91. The first-order valence-corrected chi connectivity index (χ1v) is 18.8. The van der Waals surface area contributed by atoms with Crippen LogP contribution in [0.3, 0.4) is 0 Å². The van der Waals surface area contributed by atoms with Crippen molar-refractivity contribution in [3.8, 4) is 0 Å². The molecule has 2 aliphatic carbocycles. The second-order valence-corrected chi connectivity index (χ2v) is 24.1. The molecule has 0 N–H and O–H groups in total. The maximum atomic E-state index is 2.54. The molecule has 0 amide bonds. The van der Waals surface area contributed by atoms with Crippen molar-refractivity contribution in [1.29, 1.82) is 0 Å². The second-order valence-electron chi connectivity index (χ2n) is 9.70. The van der Waals surface area contributed by atoms with Gasteiger partial charge in [-0.2, -0.15) is 0 Å². The minimum atomic E-state index is -1.62. The normalized spacial score (nSPS) is 25.8. The molecule has 0 aromatic rings. The van der Waals surface area contributed by atoms with Crippen LogP contribution in [0.2, 0.25) is 52.4 Å². The van der Waals surface area contributed by atoms with Gasteiger partial charge in [0.1, 0.15) is 0 Å². The Hall–Kier alpha value is 0.651. The monoisotopic (exact) mass is 358 g/mol. The van der Waals surface area contributed by atoms with E-state index in [9.17, 15) is 0 Å². The lowest BCUT2D eigenvalue weighted by molar-refractivity contribution is 1.08. The Bertz CT molecular complexity index is 378. The minimum Gasteiger partial charge on any atom is -0.0691 e. The van der Waals surface area contributed by atoms with Crippen LogP contribution in [0, 0.1) is 59.7 Å². The highest BCUT2D eigenvalue weighted by Crippen LogP contribution is 2.56. The molecule has 0 atom stereocenters. The van der Waals surface area contributed by atoms with Gasteiger partial charge < -0.3 is 0 Å². The first kappa shape index (κ1) is 20.0. The highest BCUT2D eigenvalue weighted by Gasteiger charge is 2.55. The summed E-state index contributed by atoms with van der Waals surface area (Å²) in [6.45, 7) is 24.6. The van der Waals surface area contributed by atoms with Gasteiger partial charge in [-0.05, 0) is 59.7 Å². The zero-order chi connectivity index (χ0) is 17.8. The third kappa shape index (κ3) is 3.77. The third-order valence-corrected chi connectivity index (χ3v) is 13.5. The SMILES string of the molecule is C[C]1[C]([Si](C)(C)C)[CH][CH][C]1[Si](C)(C)[C]1[CH][CH][C]([Si](C)(C)C)[C]1C. The molecular formula is C20H34Si3. The molecule has 2 fully saturated rings. The Morgan fingerprint density at radius 1 is 0.478 bits per heavy atom. The molecule has 0 nitrogen and oxygen atoms in total. The van der Waals surface area contributed by atoms with Crippen molar-refractivity contribution < 1.29 is 0 Å². The van der Waals surface area contributed by atoms with E-state index in [1.165, 1.54) is 0 Å². The van der Waals surface area contributed by atoms with E-state index >= 15 is 0 Å². The molecule has 0 saturated heterocycles. The fourth-order valence-electron chi connectivity index (χ4n) is 4.25. The van der Waals surface area contributed by atoms with Gasteiger partial charge in [0.05, 0.1) is 24.2 Å². The van der Waals surface area contributed by atoms with Gasteiger partial charge in [-0.15, -0.1) is 0 Å². The zero-order valence-electron chi connectivity index (χ0n) is 16.8. The Morgan fingerprint density at radius 2 is 0.739 bits per heavy atom. The van der Waals surface area contributed by atoms with E-state index in [4.69, 9.17) is 0 Å². The van der Waals surface area contributed by atoms with E-state index in [-0.39, 0.29) is 0 Å². The molecule has 2 saturated carbocycles. The van der Waals surface area contributed by atoms with Crippen LogP contribution in [0.1, 0.15) is 13.8 Å².